The van der Waals surface area contributed by atoms with E-state index in [1.807, 2.05) is 0 Å². The van der Waals surface area contributed by atoms with E-state index in [9.17, 15) is 19.2 Å². The fourth-order valence-corrected chi connectivity index (χ4v) is 4.46. The van der Waals surface area contributed by atoms with E-state index >= 15 is 0 Å². The van der Waals surface area contributed by atoms with Crippen LogP contribution in [0, 0.1) is 17.8 Å². The van der Waals surface area contributed by atoms with Crippen LogP contribution in [0.25, 0.3) is 0 Å². The van der Waals surface area contributed by atoms with Crippen LogP contribution in [0.3, 0.4) is 0 Å². The zero-order valence-corrected chi connectivity index (χ0v) is 21.3. The highest BCUT2D eigenvalue weighted by atomic mass is 35.5. The summed E-state index contributed by atoms with van der Waals surface area (Å²) in [6, 6.07) is 12.3. The molecule has 1 aliphatic rings. The Morgan fingerprint density at radius 1 is 0.944 bits per heavy atom. The summed E-state index contributed by atoms with van der Waals surface area (Å²) < 4.78 is 10.9. The number of halogens is 1. The maximum absolute atomic E-state index is 13.0. The van der Waals surface area contributed by atoms with Crippen molar-refractivity contribution in [3.05, 3.63) is 70.2 Å². The lowest BCUT2D eigenvalue weighted by Crippen LogP contribution is -2.43. The molecule has 0 aliphatic heterocycles. The van der Waals surface area contributed by atoms with Crippen molar-refractivity contribution in [2.24, 2.45) is 17.8 Å². The van der Waals surface area contributed by atoms with Crippen molar-refractivity contribution < 1.29 is 28.7 Å². The number of benzene rings is 2. The van der Waals surface area contributed by atoms with E-state index in [-0.39, 0.29) is 28.7 Å². The van der Waals surface area contributed by atoms with E-state index in [1.165, 1.54) is 24.3 Å². The van der Waals surface area contributed by atoms with Crippen LogP contribution in [0.5, 0.6) is 0 Å². The van der Waals surface area contributed by atoms with Crippen LogP contribution in [-0.2, 0) is 14.3 Å². The van der Waals surface area contributed by atoms with E-state index in [2.05, 4.69) is 31.6 Å². The largest absolute Gasteiger partial charge is 0.458 e. The van der Waals surface area contributed by atoms with Gasteiger partial charge in [0.05, 0.1) is 11.1 Å². The number of hydrogen-bond donors (Lipinski definition) is 2. The van der Waals surface area contributed by atoms with Gasteiger partial charge in [-0.1, -0.05) is 50.9 Å². The Bertz CT molecular complexity index is 1100. The molecule has 36 heavy (non-hydrogen) atoms. The summed E-state index contributed by atoms with van der Waals surface area (Å²) in [5.74, 6) is -1.66. The number of carbonyl (C=O) groups excluding carboxylic acids is 4. The third kappa shape index (κ3) is 7.31. The first kappa shape index (κ1) is 27.2. The molecule has 0 aromatic heterocycles. The van der Waals surface area contributed by atoms with Crippen LogP contribution >= 0.6 is 11.6 Å². The van der Waals surface area contributed by atoms with Crippen molar-refractivity contribution in [3.8, 4) is 0 Å². The minimum absolute atomic E-state index is 0.00505. The number of esters is 2. The van der Waals surface area contributed by atoms with E-state index in [0.717, 1.165) is 19.3 Å². The molecular weight excluding hydrogens is 484 g/mol. The van der Waals surface area contributed by atoms with Gasteiger partial charge in [-0.3, -0.25) is 20.4 Å². The number of amides is 2. The number of carbonyl (C=O) groups is 4. The van der Waals surface area contributed by atoms with Crippen LogP contribution in [0.15, 0.2) is 48.5 Å². The van der Waals surface area contributed by atoms with Gasteiger partial charge in [-0.15, -0.1) is 0 Å². The van der Waals surface area contributed by atoms with Crippen LogP contribution in [0.4, 0.5) is 0 Å². The van der Waals surface area contributed by atoms with Gasteiger partial charge < -0.3 is 9.47 Å². The summed E-state index contributed by atoms with van der Waals surface area (Å²) in [6.07, 6.45) is 2.65. The van der Waals surface area contributed by atoms with Crippen molar-refractivity contribution in [2.75, 3.05) is 6.61 Å². The number of hydrogen-bond acceptors (Lipinski definition) is 6. The highest BCUT2D eigenvalue weighted by Crippen LogP contribution is 2.35. The number of ether oxygens (including phenoxy) is 2. The summed E-state index contributed by atoms with van der Waals surface area (Å²) in [4.78, 5) is 49.8. The lowest BCUT2D eigenvalue weighted by Gasteiger charge is -2.36. The molecule has 1 saturated carbocycles. The molecule has 0 saturated heterocycles. The van der Waals surface area contributed by atoms with Crippen molar-refractivity contribution in [2.45, 2.75) is 46.1 Å². The van der Waals surface area contributed by atoms with Gasteiger partial charge in [0.25, 0.3) is 11.8 Å². The van der Waals surface area contributed by atoms with Crippen LogP contribution in [-0.4, -0.2) is 36.5 Å². The first-order valence-corrected chi connectivity index (χ1v) is 12.4. The Balaban J connectivity index is 1.56. The summed E-state index contributed by atoms with van der Waals surface area (Å²) in [5.41, 5.74) is 4.78. The highest BCUT2D eigenvalue weighted by Gasteiger charge is 2.34. The van der Waals surface area contributed by atoms with Crippen molar-refractivity contribution in [1.82, 2.24) is 10.9 Å². The molecule has 0 bridgehead atoms. The SMILES string of the molecule is CC(C)[C@@H]1CC[C@@H](C)C[C@@H]1OC(=O)c1ccccc1C(=O)OCC(=O)NNC(=O)c1ccc(Cl)cc1. The molecule has 0 radical (unpaired) electrons. The lowest BCUT2D eigenvalue weighted by molar-refractivity contribution is -0.125. The molecule has 0 heterocycles. The lowest BCUT2D eigenvalue weighted by atomic mass is 9.75. The quantitative estimate of drug-likeness (QED) is 0.413. The van der Waals surface area contributed by atoms with Gasteiger partial charge in [-0.25, -0.2) is 9.59 Å². The zero-order chi connectivity index (χ0) is 26.2. The smallest absolute Gasteiger partial charge is 0.339 e. The van der Waals surface area contributed by atoms with E-state index in [1.54, 1.807) is 24.3 Å². The molecule has 2 aromatic carbocycles. The Morgan fingerprint density at radius 2 is 1.58 bits per heavy atom. The fourth-order valence-electron chi connectivity index (χ4n) is 4.34. The second-order valence-electron chi connectivity index (χ2n) is 9.40. The van der Waals surface area contributed by atoms with Crippen LogP contribution in [0.1, 0.15) is 71.1 Å². The molecule has 3 atom stereocenters. The third-order valence-electron chi connectivity index (χ3n) is 6.34. The van der Waals surface area contributed by atoms with Gasteiger partial charge in [-0.2, -0.15) is 0 Å². The number of hydrazine groups is 1. The van der Waals surface area contributed by atoms with Crippen molar-refractivity contribution >= 4 is 35.4 Å². The zero-order valence-electron chi connectivity index (χ0n) is 20.6. The molecule has 9 heteroatoms. The minimum Gasteiger partial charge on any atom is -0.458 e. The van der Waals surface area contributed by atoms with Gasteiger partial charge in [-0.05, 0) is 67.0 Å². The molecule has 0 unspecified atom stereocenters. The first-order valence-electron chi connectivity index (χ1n) is 12.0. The summed E-state index contributed by atoms with van der Waals surface area (Å²) in [7, 11) is 0. The predicted octanol–water partition coefficient (Wildman–Crippen LogP) is 4.58. The normalized spacial score (nSPS) is 19.3. The van der Waals surface area contributed by atoms with Gasteiger partial charge in [0.1, 0.15) is 6.10 Å². The summed E-state index contributed by atoms with van der Waals surface area (Å²) >= 11 is 5.79. The molecule has 1 aliphatic carbocycles. The van der Waals surface area contributed by atoms with E-state index in [4.69, 9.17) is 21.1 Å². The molecule has 2 N–H and O–H groups in total. The maximum Gasteiger partial charge on any atom is 0.339 e. The molecule has 1 fully saturated rings. The molecule has 2 amide bonds. The Hall–Kier alpha value is -3.39. The Kier molecular flexibility index (Phi) is 9.47. The number of rotatable bonds is 7. The average molecular weight is 515 g/mol. The van der Waals surface area contributed by atoms with Crippen molar-refractivity contribution in [3.63, 3.8) is 0 Å². The van der Waals surface area contributed by atoms with Gasteiger partial charge in [0.15, 0.2) is 6.61 Å². The average Bonchev–Trinajstić information content (AvgIpc) is 2.86. The predicted molar refractivity (Wildman–Crippen MR) is 134 cm³/mol. The minimum atomic E-state index is -0.848. The summed E-state index contributed by atoms with van der Waals surface area (Å²) in [6.45, 7) is 5.73. The van der Waals surface area contributed by atoms with E-state index < -0.39 is 30.4 Å². The monoisotopic (exact) mass is 514 g/mol. The highest BCUT2D eigenvalue weighted by molar-refractivity contribution is 6.30. The summed E-state index contributed by atoms with van der Waals surface area (Å²) in [5, 5.41) is 0.472. The molecule has 0 spiro atoms. The van der Waals surface area contributed by atoms with Crippen molar-refractivity contribution in [1.29, 1.82) is 0 Å². The van der Waals surface area contributed by atoms with Gasteiger partial charge in [0, 0.05) is 10.6 Å². The molecule has 2 aromatic rings. The molecule has 192 valence electrons. The third-order valence-corrected chi connectivity index (χ3v) is 6.59. The van der Waals surface area contributed by atoms with Gasteiger partial charge >= 0.3 is 11.9 Å². The molecule has 3 rings (SSSR count). The molecule has 8 nitrogen and oxygen atoms in total. The van der Waals surface area contributed by atoms with E-state index in [0.29, 0.717) is 16.9 Å². The number of nitrogens with one attached hydrogen (secondary N) is 2. The van der Waals surface area contributed by atoms with Gasteiger partial charge in [0.2, 0.25) is 0 Å². The maximum atomic E-state index is 13.0. The van der Waals surface area contributed by atoms with Crippen LogP contribution < -0.4 is 10.9 Å². The standard InChI is InChI=1S/C27H31ClN2O6/c1-16(2)20-13-8-17(3)14-23(20)36-27(34)22-7-5-4-6-21(22)26(33)35-15-24(31)29-30-25(32)18-9-11-19(28)12-10-18/h4-7,9-12,16-17,20,23H,8,13-15H2,1-3H3,(H,29,31)(H,30,32)/t17-,20+,23+/m1/s1. The fraction of sp³-hybridized carbons (Fsp3) is 0.407. The Labute approximate surface area is 215 Å². The molecular formula is C27H31ClN2O6. The second-order valence-corrected chi connectivity index (χ2v) is 9.84. The first-order chi connectivity index (χ1) is 17.2. The van der Waals surface area contributed by atoms with Crippen LogP contribution in [0.2, 0.25) is 5.02 Å². The Morgan fingerprint density at radius 3 is 2.22 bits per heavy atom. The second kappa shape index (κ2) is 12.5. The topological polar surface area (TPSA) is 111 Å².